The number of hydrogen-bond acceptors (Lipinski definition) is 4. The molecule has 33 heavy (non-hydrogen) atoms. The molecule has 0 spiro atoms. The fourth-order valence-electron chi connectivity index (χ4n) is 3.64. The van der Waals surface area contributed by atoms with Crippen molar-refractivity contribution < 1.29 is 42.2 Å². The molecule has 0 aliphatic heterocycles. The average molecular weight is 466 g/mol. The molecule has 0 saturated heterocycles. The molecule has 1 amide bonds. The first-order valence-corrected chi connectivity index (χ1v) is 9.66. The number of carboxylic acids is 1. The van der Waals surface area contributed by atoms with Gasteiger partial charge in [-0.3, -0.25) is 19.0 Å². The molecular weight excluding hydrogens is 448 g/mol. The summed E-state index contributed by atoms with van der Waals surface area (Å²) >= 11 is 0. The molecule has 3 rings (SSSR count). The lowest BCUT2D eigenvalue weighted by molar-refractivity contribution is -0.136. The summed E-state index contributed by atoms with van der Waals surface area (Å²) in [4.78, 5) is 36.3. The number of carbonyl (C=O) groups is 3. The number of amides is 1. The Bertz CT molecular complexity index is 1300. The molecule has 0 aliphatic carbocycles. The lowest BCUT2D eigenvalue weighted by Gasteiger charge is -2.13. The van der Waals surface area contributed by atoms with Crippen LogP contribution in [-0.4, -0.2) is 39.1 Å². The van der Waals surface area contributed by atoms with E-state index in [1.807, 2.05) is 0 Å². The van der Waals surface area contributed by atoms with Crippen molar-refractivity contribution in [1.82, 2.24) is 9.88 Å². The summed E-state index contributed by atoms with van der Waals surface area (Å²) in [7, 11) is 0. The molecule has 1 aromatic heterocycles. The number of carboxylic acid groups (broad SMARTS) is 1. The summed E-state index contributed by atoms with van der Waals surface area (Å²) < 4.78 is 56.9. The van der Waals surface area contributed by atoms with E-state index in [0.29, 0.717) is 12.1 Å². The Labute approximate surface area is 184 Å². The van der Waals surface area contributed by atoms with Crippen LogP contribution in [0.1, 0.15) is 40.9 Å². The molecule has 2 aromatic carbocycles. The van der Waals surface area contributed by atoms with Gasteiger partial charge < -0.3 is 15.5 Å². The predicted octanol–water partition coefficient (Wildman–Crippen LogP) is 3.59. The number of nitrogens with zero attached hydrogens (tertiary/aromatic N) is 1. The molecule has 1 heterocycles. The van der Waals surface area contributed by atoms with Crippen molar-refractivity contribution in [3.8, 4) is 5.75 Å². The van der Waals surface area contributed by atoms with Crippen molar-refractivity contribution in [2.24, 2.45) is 0 Å². The van der Waals surface area contributed by atoms with Crippen LogP contribution in [0.2, 0.25) is 0 Å². The van der Waals surface area contributed by atoms with Gasteiger partial charge in [0.1, 0.15) is 0 Å². The van der Waals surface area contributed by atoms with Crippen molar-refractivity contribution in [1.29, 1.82) is 0 Å². The molecule has 174 valence electrons. The van der Waals surface area contributed by atoms with Gasteiger partial charge in [-0.05, 0) is 37.6 Å². The van der Waals surface area contributed by atoms with Gasteiger partial charge in [-0.1, -0.05) is 0 Å². The number of rotatable bonds is 6. The quantitative estimate of drug-likeness (QED) is 0.481. The Kier molecular flexibility index (Phi) is 6.43. The first-order valence-electron chi connectivity index (χ1n) is 9.66. The number of phenolic OH excluding ortho intramolecular Hbond substituents is 1. The lowest BCUT2D eigenvalue weighted by atomic mass is 9.96. The maximum absolute atomic E-state index is 14.9. The Morgan fingerprint density at radius 3 is 2.33 bits per heavy atom. The normalized spacial score (nSPS) is 12.1. The number of phenols is 1. The van der Waals surface area contributed by atoms with Gasteiger partial charge >= 0.3 is 5.97 Å². The molecule has 0 bridgehead atoms. The number of carbonyl (C=O) groups excluding carboxylic acids is 2. The van der Waals surface area contributed by atoms with Crippen LogP contribution in [0.3, 0.4) is 0 Å². The van der Waals surface area contributed by atoms with E-state index in [2.05, 4.69) is 5.32 Å². The van der Waals surface area contributed by atoms with E-state index in [-0.39, 0.29) is 35.3 Å². The predicted molar refractivity (Wildman–Crippen MR) is 108 cm³/mol. The van der Waals surface area contributed by atoms with Crippen molar-refractivity contribution in [3.63, 3.8) is 0 Å². The zero-order valence-electron chi connectivity index (χ0n) is 17.4. The summed E-state index contributed by atoms with van der Waals surface area (Å²) in [6.45, 7) is 2.47. The lowest BCUT2D eigenvalue weighted by Crippen LogP contribution is -2.30. The number of hydrogen-bond donors (Lipinski definition) is 3. The van der Waals surface area contributed by atoms with Crippen LogP contribution in [0.5, 0.6) is 5.75 Å². The highest BCUT2D eigenvalue weighted by Crippen LogP contribution is 2.38. The first-order chi connectivity index (χ1) is 15.5. The maximum atomic E-state index is 14.9. The highest BCUT2D eigenvalue weighted by Gasteiger charge is 2.31. The molecule has 0 fully saturated rings. The molecular formula is C22H18F4N2O5. The van der Waals surface area contributed by atoms with Crippen LogP contribution in [0.4, 0.5) is 17.6 Å². The summed E-state index contributed by atoms with van der Waals surface area (Å²) in [5.74, 6) is -10.6. The smallest absolute Gasteiger partial charge is 0.305 e. The summed E-state index contributed by atoms with van der Waals surface area (Å²) in [6.07, 6.45) is -0.367. The Hall–Kier alpha value is -3.89. The molecule has 0 radical (unpaired) electrons. The van der Waals surface area contributed by atoms with Crippen molar-refractivity contribution in [3.05, 3.63) is 64.4 Å². The highest BCUT2D eigenvalue weighted by atomic mass is 19.2. The number of aromatic nitrogens is 1. The van der Waals surface area contributed by atoms with Gasteiger partial charge in [0.05, 0.1) is 17.9 Å². The molecule has 1 unspecified atom stereocenters. The third-order valence-corrected chi connectivity index (χ3v) is 5.24. The number of halogens is 4. The van der Waals surface area contributed by atoms with E-state index >= 15 is 0 Å². The van der Waals surface area contributed by atoms with Gasteiger partial charge in [0.25, 0.3) is 5.91 Å². The first kappa shape index (κ1) is 23.8. The molecule has 1 atom stereocenters. The second-order valence-corrected chi connectivity index (χ2v) is 7.34. The van der Waals surface area contributed by atoms with Gasteiger partial charge in [0, 0.05) is 29.3 Å². The summed E-state index contributed by atoms with van der Waals surface area (Å²) in [5.41, 5.74) is -0.741. The van der Waals surface area contributed by atoms with Crippen molar-refractivity contribution in [2.75, 3.05) is 6.54 Å². The third kappa shape index (κ3) is 4.26. The second kappa shape index (κ2) is 8.93. The Morgan fingerprint density at radius 1 is 1.06 bits per heavy atom. The zero-order valence-corrected chi connectivity index (χ0v) is 17.4. The van der Waals surface area contributed by atoms with Crippen LogP contribution in [-0.2, 0) is 9.59 Å². The monoisotopic (exact) mass is 466 g/mol. The molecule has 0 aliphatic rings. The Morgan fingerprint density at radius 2 is 1.73 bits per heavy atom. The van der Waals surface area contributed by atoms with Crippen LogP contribution >= 0.6 is 0 Å². The minimum absolute atomic E-state index is 0.00971. The average Bonchev–Trinajstić information content (AvgIpc) is 3.04. The number of aliphatic carboxylic acids is 1. The fourth-order valence-corrected chi connectivity index (χ4v) is 3.64. The highest BCUT2D eigenvalue weighted by molar-refractivity contribution is 6.05. The number of fused-ring (bicyclic) bond motifs is 1. The van der Waals surface area contributed by atoms with Gasteiger partial charge in [0.15, 0.2) is 29.0 Å². The minimum Gasteiger partial charge on any atom is -0.503 e. The van der Waals surface area contributed by atoms with E-state index in [9.17, 15) is 37.1 Å². The molecule has 3 aromatic rings. The van der Waals surface area contributed by atoms with E-state index < -0.39 is 58.1 Å². The van der Waals surface area contributed by atoms with E-state index in [1.54, 1.807) is 0 Å². The van der Waals surface area contributed by atoms with Crippen LogP contribution < -0.4 is 5.32 Å². The third-order valence-electron chi connectivity index (χ3n) is 5.24. The maximum Gasteiger partial charge on any atom is 0.305 e. The van der Waals surface area contributed by atoms with Gasteiger partial charge in [-0.25, -0.2) is 17.6 Å². The number of benzene rings is 2. The fraction of sp³-hybridized carbons (Fsp3) is 0.227. The second-order valence-electron chi connectivity index (χ2n) is 7.34. The van der Waals surface area contributed by atoms with Crippen LogP contribution in [0, 0.1) is 30.2 Å². The molecule has 0 saturated carbocycles. The van der Waals surface area contributed by atoms with E-state index in [0.717, 1.165) is 16.7 Å². The topological polar surface area (TPSA) is 109 Å². The minimum atomic E-state index is -1.41. The van der Waals surface area contributed by atoms with Crippen molar-refractivity contribution >= 4 is 28.7 Å². The summed E-state index contributed by atoms with van der Waals surface area (Å²) in [5, 5.41) is 20.4. The molecule has 11 heteroatoms. The molecule has 7 nitrogen and oxygen atoms in total. The SMILES string of the molecule is Cc1c(C(C)C(=O)NCCC(=O)O)c2c(F)c(O)c(F)cc2n1C(=O)c1ccc(F)c(F)c1. The number of nitrogens with one attached hydrogen (secondary N) is 1. The number of aromatic hydroxyl groups is 1. The zero-order chi connectivity index (χ0) is 24.6. The van der Waals surface area contributed by atoms with Gasteiger partial charge in [0.2, 0.25) is 5.91 Å². The largest absolute Gasteiger partial charge is 0.503 e. The summed E-state index contributed by atoms with van der Waals surface area (Å²) in [6, 6.07) is 3.02. The van der Waals surface area contributed by atoms with Crippen LogP contribution in [0.15, 0.2) is 24.3 Å². The Balaban J connectivity index is 2.20. The molecule has 3 N–H and O–H groups in total. The van der Waals surface area contributed by atoms with Crippen molar-refractivity contribution in [2.45, 2.75) is 26.2 Å². The van der Waals surface area contributed by atoms with Gasteiger partial charge in [-0.15, -0.1) is 0 Å². The van der Waals surface area contributed by atoms with E-state index in [1.165, 1.54) is 13.8 Å². The van der Waals surface area contributed by atoms with E-state index in [4.69, 9.17) is 5.11 Å². The standard InChI is InChI=1S/C22H18F4N2O5/c1-9(21(32)27-6-5-16(29)30)17-10(2)28(15-8-14(25)20(31)19(26)18(15)17)22(33)11-3-4-12(23)13(24)7-11/h3-4,7-9,31H,5-6H2,1-2H3,(H,27,32)(H,29,30). The van der Waals surface area contributed by atoms with Crippen LogP contribution in [0.25, 0.3) is 10.9 Å². The van der Waals surface area contributed by atoms with Gasteiger partial charge in [-0.2, -0.15) is 0 Å².